The Hall–Kier alpha value is -3.64. The third-order valence-electron chi connectivity index (χ3n) is 14.4. The Labute approximate surface area is 298 Å². The van der Waals surface area contributed by atoms with Crippen molar-refractivity contribution in [2.45, 2.75) is 143 Å². The second-order valence-corrected chi connectivity index (χ2v) is 16.3. The van der Waals surface area contributed by atoms with Gasteiger partial charge in [0.1, 0.15) is 0 Å². The van der Waals surface area contributed by atoms with Crippen molar-refractivity contribution in [1.82, 2.24) is 0 Å². The van der Waals surface area contributed by atoms with Crippen molar-refractivity contribution in [1.29, 1.82) is 0 Å². The van der Waals surface area contributed by atoms with Crippen molar-refractivity contribution >= 4 is 12.2 Å². The van der Waals surface area contributed by atoms with Gasteiger partial charge in [0.15, 0.2) is 0 Å². The van der Waals surface area contributed by atoms with Gasteiger partial charge >= 0.3 is 0 Å². The smallest absolute Gasteiger partial charge is 0.00665 e. The monoisotopic (exact) mass is 648 g/mol. The number of allylic oxidation sites excluding steroid dienone is 2. The molecule has 0 radical (unpaired) electrons. The maximum Gasteiger partial charge on any atom is 0.00665 e. The van der Waals surface area contributed by atoms with Crippen molar-refractivity contribution in [3.8, 4) is 22.3 Å². The number of hydrogen-bond acceptors (Lipinski definition) is 0. The average molecular weight is 649 g/mol. The fraction of sp³-hybridized carbons (Fsp3) is 0.429. The van der Waals surface area contributed by atoms with Crippen LogP contribution in [0.5, 0.6) is 0 Å². The number of hydrogen-bond donors (Lipinski definition) is 0. The van der Waals surface area contributed by atoms with Crippen LogP contribution in [-0.4, -0.2) is 0 Å². The highest BCUT2D eigenvalue weighted by atomic mass is 14.4. The van der Waals surface area contributed by atoms with Gasteiger partial charge in [0.2, 0.25) is 0 Å². The Morgan fingerprint density at radius 3 is 0.796 bits per heavy atom. The van der Waals surface area contributed by atoms with E-state index in [1.807, 2.05) is 0 Å². The molecule has 0 aliphatic heterocycles. The molecule has 0 amide bonds. The van der Waals surface area contributed by atoms with Gasteiger partial charge in [0, 0.05) is 11.8 Å². The average Bonchev–Trinajstić information content (AvgIpc) is 3.57. The summed E-state index contributed by atoms with van der Waals surface area (Å²) in [6.45, 7) is 42.3. The molecule has 0 bridgehead atoms. The van der Waals surface area contributed by atoms with Crippen molar-refractivity contribution in [2.75, 3.05) is 0 Å². The summed E-state index contributed by atoms with van der Waals surface area (Å²) >= 11 is 0. The molecule has 49 heavy (non-hydrogen) atoms. The topological polar surface area (TPSA) is 0 Å². The fourth-order valence-electron chi connectivity index (χ4n) is 9.97. The van der Waals surface area contributed by atoms with Gasteiger partial charge in [-0.25, -0.2) is 0 Å². The number of rotatable bonds is 4. The van der Waals surface area contributed by atoms with Crippen molar-refractivity contribution < 1.29 is 0 Å². The van der Waals surface area contributed by atoms with E-state index in [-0.39, 0.29) is 0 Å². The molecular weight excluding hydrogens is 589 g/mol. The van der Waals surface area contributed by atoms with Gasteiger partial charge in [-0.05, 0) is 265 Å². The Morgan fingerprint density at radius 1 is 0.286 bits per heavy atom. The van der Waals surface area contributed by atoms with Crippen LogP contribution in [0.1, 0.15) is 143 Å². The SMILES string of the molecule is CC1=Cc2c(-c3c(C)c(C)c(C)c(C)c3C)c(C)c(C)c(C)c2C1CC1C(C)=Cc2c(-c3c(C)c(C)c(C)c(C)c3C)c(C)c(C)c(C)c21. The zero-order chi connectivity index (χ0) is 36.3. The Morgan fingerprint density at radius 2 is 0.510 bits per heavy atom. The zero-order valence-corrected chi connectivity index (χ0v) is 34.0. The normalized spacial score (nSPS) is 16.7. The van der Waals surface area contributed by atoms with Crippen LogP contribution in [0.3, 0.4) is 0 Å². The van der Waals surface area contributed by atoms with Crippen LogP contribution in [0.15, 0.2) is 11.1 Å². The van der Waals surface area contributed by atoms with Crippen LogP contribution in [0.25, 0.3) is 34.4 Å². The van der Waals surface area contributed by atoms with Gasteiger partial charge in [-0.2, -0.15) is 0 Å². The third kappa shape index (κ3) is 4.83. The number of fused-ring (bicyclic) bond motifs is 2. The lowest BCUT2D eigenvalue weighted by Crippen LogP contribution is -2.12. The van der Waals surface area contributed by atoms with Gasteiger partial charge in [-0.3, -0.25) is 0 Å². The Bertz CT molecular complexity index is 1990. The van der Waals surface area contributed by atoms with Crippen LogP contribution >= 0.6 is 0 Å². The highest BCUT2D eigenvalue weighted by molar-refractivity contribution is 5.91. The van der Waals surface area contributed by atoms with Crippen molar-refractivity contribution in [3.63, 3.8) is 0 Å². The van der Waals surface area contributed by atoms with Crippen LogP contribution < -0.4 is 0 Å². The maximum absolute atomic E-state index is 2.57. The van der Waals surface area contributed by atoms with E-state index in [2.05, 4.69) is 137 Å². The fourth-order valence-corrected chi connectivity index (χ4v) is 9.97. The molecular formula is C49H60. The standard InChI is InChI=1S/C49H60/c1-22-19-42-46(36(15)30(9)38(17)48(42)44-32(11)26(5)24(3)27(6)33(44)12)40(22)21-41-23(2)20-43-47(41)37(16)31(10)39(18)49(43)45-34(13)28(7)25(4)29(8)35(45)14/h19-20,40-41H,21H2,1-18H3. The van der Waals surface area contributed by atoms with E-state index < -0.39 is 0 Å². The molecule has 0 N–H and O–H groups in total. The summed E-state index contributed by atoms with van der Waals surface area (Å²) in [6.07, 6.45) is 6.25. The van der Waals surface area contributed by atoms with E-state index in [4.69, 9.17) is 0 Å². The minimum absolute atomic E-state index is 0.400. The molecule has 2 aliphatic carbocycles. The highest BCUT2D eigenvalue weighted by Gasteiger charge is 2.37. The van der Waals surface area contributed by atoms with E-state index >= 15 is 0 Å². The molecule has 0 saturated heterocycles. The van der Waals surface area contributed by atoms with Crippen LogP contribution in [0, 0.1) is 111 Å². The summed E-state index contributed by atoms with van der Waals surface area (Å²) in [5, 5.41) is 0. The van der Waals surface area contributed by atoms with Crippen LogP contribution in [0.2, 0.25) is 0 Å². The lowest BCUT2D eigenvalue weighted by molar-refractivity contribution is 0.637. The first-order chi connectivity index (χ1) is 22.8. The lowest BCUT2D eigenvalue weighted by atomic mass is 9.75. The molecule has 0 nitrogen and oxygen atoms in total. The van der Waals surface area contributed by atoms with Gasteiger partial charge in [0.05, 0.1) is 0 Å². The molecule has 4 aromatic rings. The van der Waals surface area contributed by atoms with Gasteiger partial charge in [-0.1, -0.05) is 23.3 Å². The molecule has 2 aliphatic rings. The van der Waals surface area contributed by atoms with Crippen molar-refractivity contribution in [2.24, 2.45) is 0 Å². The molecule has 4 aromatic carbocycles. The van der Waals surface area contributed by atoms with Crippen molar-refractivity contribution in [3.05, 3.63) is 122 Å². The first-order valence-electron chi connectivity index (χ1n) is 18.6. The Balaban J connectivity index is 1.57. The van der Waals surface area contributed by atoms with E-state index in [9.17, 15) is 0 Å². The second-order valence-electron chi connectivity index (χ2n) is 16.3. The van der Waals surface area contributed by atoms with Crippen LogP contribution in [-0.2, 0) is 0 Å². The summed E-state index contributed by atoms with van der Waals surface area (Å²) < 4.78 is 0. The van der Waals surface area contributed by atoms with E-state index in [0.717, 1.165) is 6.42 Å². The molecule has 0 heterocycles. The quantitative estimate of drug-likeness (QED) is 0.207. The highest BCUT2D eigenvalue weighted by Crippen LogP contribution is 2.55. The summed E-state index contributed by atoms with van der Waals surface area (Å²) in [5.41, 5.74) is 38.1. The molecule has 256 valence electrons. The Kier molecular flexibility index (Phi) is 8.62. The second kappa shape index (κ2) is 12.0. The summed E-state index contributed by atoms with van der Waals surface area (Å²) in [5.74, 6) is 0.801. The van der Waals surface area contributed by atoms with E-state index in [1.165, 1.54) is 134 Å². The molecule has 0 aromatic heterocycles. The third-order valence-corrected chi connectivity index (χ3v) is 14.4. The molecule has 0 saturated carbocycles. The van der Waals surface area contributed by atoms with Gasteiger partial charge in [0.25, 0.3) is 0 Å². The van der Waals surface area contributed by atoms with Crippen LogP contribution in [0.4, 0.5) is 0 Å². The summed E-state index contributed by atoms with van der Waals surface area (Å²) in [4.78, 5) is 0. The minimum Gasteiger partial charge on any atom is -0.0651 e. The van der Waals surface area contributed by atoms with Gasteiger partial charge in [-0.15, -0.1) is 0 Å². The molecule has 6 rings (SSSR count). The molecule has 0 heteroatoms. The minimum atomic E-state index is 0.400. The first-order valence-corrected chi connectivity index (χ1v) is 18.6. The zero-order valence-electron chi connectivity index (χ0n) is 34.0. The van der Waals surface area contributed by atoms with E-state index in [0.29, 0.717) is 11.8 Å². The molecule has 0 fully saturated rings. The number of benzene rings is 4. The summed E-state index contributed by atoms with van der Waals surface area (Å²) in [6, 6.07) is 0. The molecule has 0 spiro atoms. The lowest BCUT2D eigenvalue weighted by Gasteiger charge is -2.29. The summed E-state index contributed by atoms with van der Waals surface area (Å²) in [7, 11) is 0. The largest absolute Gasteiger partial charge is 0.0651 e. The predicted molar refractivity (Wildman–Crippen MR) is 217 cm³/mol. The predicted octanol–water partition coefficient (Wildman–Crippen LogP) is 14.0. The van der Waals surface area contributed by atoms with Gasteiger partial charge < -0.3 is 0 Å². The first kappa shape index (κ1) is 35.2. The molecule has 2 unspecified atom stereocenters. The van der Waals surface area contributed by atoms with E-state index in [1.54, 1.807) is 11.1 Å². The molecule has 2 atom stereocenters. The maximum atomic E-state index is 2.57.